The number of carbonyl (C=O) groups is 2. The summed E-state index contributed by atoms with van der Waals surface area (Å²) in [4.78, 5) is 29.2. The molecule has 2 amide bonds. The van der Waals surface area contributed by atoms with E-state index in [-0.39, 0.29) is 17.7 Å². The number of fused-ring (bicyclic) bond motifs is 1. The molecule has 0 atom stereocenters. The van der Waals surface area contributed by atoms with Gasteiger partial charge in [0.05, 0.1) is 11.8 Å². The molecule has 130 valence electrons. The van der Waals surface area contributed by atoms with E-state index >= 15 is 0 Å². The fraction of sp³-hybridized carbons (Fsp3) is 0.400. The molecule has 0 radical (unpaired) electrons. The predicted molar refractivity (Wildman–Crippen MR) is 94.6 cm³/mol. The number of hydrogen-bond acceptors (Lipinski definition) is 3. The maximum absolute atomic E-state index is 12.9. The highest BCUT2D eigenvalue weighted by atomic mass is 16.3. The standard InChI is InChI=1S/C20H22N2O3/c1-14-17(9-13-25-14)20(24)21-10-6-16(7-11-21)19(23)22-12-8-15-4-2-3-5-18(15)22/h2-5,9,13,16H,6-8,10-12H2,1H3. The summed E-state index contributed by atoms with van der Waals surface area (Å²) in [5.41, 5.74) is 2.93. The lowest BCUT2D eigenvalue weighted by molar-refractivity contribution is -0.123. The number of anilines is 1. The van der Waals surface area contributed by atoms with Gasteiger partial charge >= 0.3 is 0 Å². The molecule has 0 saturated carbocycles. The molecule has 1 saturated heterocycles. The zero-order valence-electron chi connectivity index (χ0n) is 14.4. The number of aryl methyl sites for hydroxylation is 1. The van der Waals surface area contributed by atoms with Crippen LogP contribution < -0.4 is 4.90 Å². The molecule has 1 aromatic heterocycles. The normalized spacial score (nSPS) is 17.6. The average molecular weight is 338 g/mol. The summed E-state index contributed by atoms with van der Waals surface area (Å²) in [5.74, 6) is 0.859. The van der Waals surface area contributed by atoms with E-state index in [1.807, 2.05) is 28.0 Å². The second-order valence-electron chi connectivity index (χ2n) is 6.83. The first kappa shape index (κ1) is 15.9. The lowest BCUT2D eigenvalue weighted by Crippen LogP contribution is -2.44. The molecule has 2 aliphatic heterocycles. The van der Waals surface area contributed by atoms with Crippen molar-refractivity contribution in [3.8, 4) is 0 Å². The predicted octanol–water partition coefficient (Wildman–Crippen LogP) is 3.03. The van der Waals surface area contributed by atoms with Crippen molar-refractivity contribution in [3.05, 3.63) is 53.5 Å². The minimum atomic E-state index is 0.000604. The highest BCUT2D eigenvalue weighted by molar-refractivity contribution is 5.98. The molecule has 2 aromatic rings. The van der Waals surface area contributed by atoms with E-state index < -0.39 is 0 Å². The van der Waals surface area contributed by atoms with Crippen LogP contribution in [-0.4, -0.2) is 36.3 Å². The molecule has 1 aromatic carbocycles. The van der Waals surface area contributed by atoms with Crippen LogP contribution in [0.15, 0.2) is 41.0 Å². The third-order valence-electron chi connectivity index (χ3n) is 5.37. The van der Waals surface area contributed by atoms with Crippen molar-refractivity contribution >= 4 is 17.5 Å². The second kappa shape index (κ2) is 6.39. The molecule has 0 N–H and O–H groups in total. The minimum Gasteiger partial charge on any atom is -0.469 e. The van der Waals surface area contributed by atoms with Gasteiger partial charge in [0.1, 0.15) is 5.76 Å². The molecular formula is C20H22N2O3. The van der Waals surface area contributed by atoms with Crippen molar-refractivity contribution in [2.45, 2.75) is 26.2 Å². The summed E-state index contributed by atoms with van der Waals surface area (Å²) in [6.07, 6.45) is 3.92. The Balaban J connectivity index is 1.40. The summed E-state index contributed by atoms with van der Waals surface area (Å²) in [5, 5.41) is 0. The smallest absolute Gasteiger partial charge is 0.257 e. The summed E-state index contributed by atoms with van der Waals surface area (Å²) in [7, 11) is 0. The number of rotatable bonds is 2. The van der Waals surface area contributed by atoms with Gasteiger partial charge in [0.25, 0.3) is 5.91 Å². The van der Waals surface area contributed by atoms with Gasteiger partial charge in [-0.15, -0.1) is 0 Å². The molecule has 0 unspecified atom stereocenters. The van der Waals surface area contributed by atoms with E-state index in [1.54, 1.807) is 19.3 Å². The van der Waals surface area contributed by atoms with Gasteiger partial charge in [0, 0.05) is 31.2 Å². The number of piperidine rings is 1. The van der Waals surface area contributed by atoms with Gasteiger partial charge in [0.2, 0.25) is 5.91 Å². The molecule has 25 heavy (non-hydrogen) atoms. The monoisotopic (exact) mass is 338 g/mol. The summed E-state index contributed by atoms with van der Waals surface area (Å²) in [6, 6.07) is 9.85. The van der Waals surface area contributed by atoms with Crippen molar-refractivity contribution in [2.24, 2.45) is 5.92 Å². The van der Waals surface area contributed by atoms with Crippen LogP contribution in [0.25, 0.3) is 0 Å². The third-order valence-corrected chi connectivity index (χ3v) is 5.37. The van der Waals surface area contributed by atoms with Crippen molar-refractivity contribution in [2.75, 3.05) is 24.5 Å². The number of amides is 2. The Labute approximate surface area is 147 Å². The van der Waals surface area contributed by atoms with Gasteiger partial charge in [-0.05, 0) is 43.9 Å². The lowest BCUT2D eigenvalue weighted by atomic mass is 9.94. The number of benzene rings is 1. The maximum Gasteiger partial charge on any atom is 0.257 e. The second-order valence-corrected chi connectivity index (χ2v) is 6.83. The van der Waals surface area contributed by atoms with E-state index in [0.717, 1.165) is 31.5 Å². The first-order valence-corrected chi connectivity index (χ1v) is 8.88. The highest BCUT2D eigenvalue weighted by Gasteiger charge is 2.33. The van der Waals surface area contributed by atoms with E-state index in [2.05, 4.69) is 6.07 Å². The van der Waals surface area contributed by atoms with Crippen molar-refractivity contribution in [1.82, 2.24) is 4.90 Å². The first-order chi connectivity index (χ1) is 12.1. The molecule has 0 aliphatic carbocycles. The maximum atomic E-state index is 12.9. The highest BCUT2D eigenvalue weighted by Crippen LogP contribution is 2.31. The average Bonchev–Trinajstić information content (AvgIpc) is 3.27. The molecule has 3 heterocycles. The van der Waals surface area contributed by atoms with Crippen LogP contribution in [0.5, 0.6) is 0 Å². The SMILES string of the molecule is Cc1occc1C(=O)N1CCC(C(=O)N2CCc3ccccc32)CC1. The molecule has 2 aliphatic rings. The molecular weight excluding hydrogens is 316 g/mol. The van der Waals surface area contributed by atoms with Gasteiger partial charge in [-0.25, -0.2) is 0 Å². The Bertz CT molecular complexity index is 803. The van der Waals surface area contributed by atoms with E-state index in [9.17, 15) is 9.59 Å². The molecule has 5 heteroatoms. The topological polar surface area (TPSA) is 53.8 Å². The number of carbonyl (C=O) groups excluding carboxylic acids is 2. The number of hydrogen-bond donors (Lipinski definition) is 0. The minimum absolute atomic E-state index is 0.000604. The van der Waals surface area contributed by atoms with Crippen LogP contribution >= 0.6 is 0 Å². The Kier molecular flexibility index (Phi) is 4.07. The number of furan rings is 1. The van der Waals surface area contributed by atoms with Crippen molar-refractivity contribution in [1.29, 1.82) is 0 Å². The van der Waals surface area contributed by atoms with Gasteiger partial charge in [-0.3, -0.25) is 9.59 Å². The fourth-order valence-corrected chi connectivity index (χ4v) is 3.89. The summed E-state index contributed by atoms with van der Waals surface area (Å²) in [6.45, 7) is 3.81. The van der Waals surface area contributed by atoms with Crippen LogP contribution in [-0.2, 0) is 11.2 Å². The Hall–Kier alpha value is -2.56. The summed E-state index contributed by atoms with van der Waals surface area (Å²) < 4.78 is 5.23. The molecule has 0 spiro atoms. The van der Waals surface area contributed by atoms with Crippen molar-refractivity contribution in [3.63, 3.8) is 0 Å². The largest absolute Gasteiger partial charge is 0.469 e. The molecule has 0 bridgehead atoms. The quantitative estimate of drug-likeness (QED) is 0.846. The number of para-hydroxylation sites is 1. The van der Waals surface area contributed by atoms with Crippen LogP contribution in [0, 0.1) is 12.8 Å². The van der Waals surface area contributed by atoms with E-state index in [1.165, 1.54) is 5.56 Å². The van der Waals surface area contributed by atoms with E-state index in [4.69, 9.17) is 4.42 Å². The van der Waals surface area contributed by atoms with Gasteiger partial charge in [-0.1, -0.05) is 18.2 Å². The third kappa shape index (κ3) is 2.84. The Morgan fingerprint density at radius 2 is 1.84 bits per heavy atom. The Morgan fingerprint density at radius 1 is 1.08 bits per heavy atom. The zero-order valence-corrected chi connectivity index (χ0v) is 14.4. The van der Waals surface area contributed by atoms with Crippen LogP contribution in [0.4, 0.5) is 5.69 Å². The molecule has 5 nitrogen and oxygen atoms in total. The molecule has 4 rings (SSSR count). The van der Waals surface area contributed by atoms with Gasteiger partial charge < -0.3 is 14.2 Å². The van der Waals surface area contributed by atoms with Gasteiger partial charge in [-0.2, -0.15) is 0 Å². The van der Waals surface area contributed by atoms with E-state index in [0.29, 0.717) is 24.4 Å². The van der Waals surface area contributed by atoms with Crippen LogP contribution in [0.3, 0.4) is 0 Å². The fourth-order valence-electron chi connectivity index (χ4n) is 3.89. The van der Waals surface area contributed by atoms with Crippen LogP contribution in [0.1, 0.15) is 34.5 Å². The Morgan fingerprint density at radius 3 is 2.56 bits per heavy atom. The number of nitrogens with zero attached hydrogens (tertiary/aromatic N) is 2. The van der Waals surface area contributed by atoms with Crippen LogP contribution in [0.2, 0.25) is 0 Å². The lowest BCUT2D eigenvalue weighted by Gasteiger charge is -2.33. The first-order valence-electron chi connectivity index (χ1n) is 8.88. The molecule has 1 fully saturated rings. The van der Waals surface area contributed by atoms with Gasteiger partial charge in [0.15, 0.2) is 0 Å². The van der Waals surface area contributed by atoms with Crippen molar-refractivity contribution < 1.29 is 14.0 Å². The number of likely N-dealkylation sites (tertiary alicyclic amines) is 1. The zero-order chi connectivity index (χ0) is 17.4. The summed E-state index contributed by atoms with van der Waals surface area (Å²) >= 11 is 0.